The van der Waals surface area contributed by atoms with Crippen LogP contribution in [0.15, 0.2) is 42.5 Å². The van der Waals surface area contributed by atoms with Gasteiger partial charge in [0, 0.05) is 43.1 Å². The Labute approximate surface area is 191 Å². The number of rotatable bonds is 6. The van der Waals surface area contributed by atoms with Crippen molar-refractivity contribution in [2.45, 2.75) is 31.8 Å². The molecule has 2 aromatic carbocycles. The SMILES string of the molecule is Cn1c(-c2cc3ccccc3n2CC2CC2)nc2cc3c(cc21)CCN(C[C@H](N)CF)C3=O. The van der Waals surface area contributed by atoms with Gasteiger partial charge in [-0.05, 0) is 55.0 Å². The molecule has 0 bridgehead atoms. The van der Waals surface area contributed by atoms with E-state index in [4.69, 9.17) is 10.7 Å². The minimum absolute atomic E-state index is 0.0860. The summed E-state index contributed by atoms with van der Waals surface area (Å²) in [5.74, 6) is 1.56. The third kappa shape index (κ3) is 3.42. The smallest absolute Gasteiger partial charge is 0.254 e. The number of nitrogens with two attached hydrogens (primary N) is 1. The number of fused-ring (bicyclic) bond motifs is 3. The molecule has 1 amide bonds. The minimum Gasteiger partial charge on any atom is -0.338 e. The Hall–Kier alpha value is -3.19. The fourth-order valence-electron chi connectivity index (χ4n) is 5.10. The lowest BCUT2D eigenvalue weighted by atomic mass is 9.97. The van der Waals surface area contributed by atoms with Crippen LogP contribution in [-0.4, -0.2) is 50.7 Å². The molecule has 0 saturated heterocycles. The first-order valence-corrected chi connectivity index (χ1v) is 11.7. The number of alkyl halides is 1. The number of carbonyl (C=O) groups is 1. The van der Waals surface area contributed by atoms with Crippen molar-refractivity contribution in [1.29, 1.82) is 0 Å². The van der Waals surface area contributed by atoms with Crippen molar-refractivity contribution < 1.29 is 9.18 Å². The second-order valence-corrected chi connectivity index (χ2v) is 9.55. The quantitative estimate of drug-likeness (QED) is 0.489. The highest BCUT2D eigenvalue weighted by Gasteiger charge is 2.28. The number of amides is 1. The first kappa shape index (κ1) is 20.4. The topological polar surface area (TPSA) is 69.1 Å². The molecule has 6 rings (SSSR count). The van der Waals surface area contributed by atoms with Crippen molar-refractivity contribution in [1.82, 2.24) is 19.0 Å². The molecule has 3 heterocycles. The van der Waals surface area contributed by atoms with E-state index in [-0.39, 0.29) is 12.5 Å². The molecule has 1 aliphatic heterocycles. The van der Waals surface area contributed by atoms with E-state index in [0.717, 1.165) is 47.0 Å². The fourth-order valence-corrected chi connectivity index (χ4v) is 5.10. The number of para-hydroxylation sites is 1. The number of aryl methyl sites for hydroxylation is 1. The minimum atomic E-state index is -0.644. The largest absolute Gasteiger partial charge is 0.338 e. The van der Waals surface area contributed by atoms with Crippen molar-refractivity contribution >= 4 is 27.8 Å². The van der Waals surface area contributed by atoms with Gasteiger partial charge in [0.25, 0.3) is 5.91 Å². The number of imidazole rings is 1. The van der Waals surface area contributed by atoms with Gasteiger partial charge in [-0.3, -0.25) is 4.79 Å². The van der Waals surface area contributed by atoms with Gasteiger partial charge in [0.05, 0.1) is 22.8 Å². The standard InChI is InChI=1S/C26H28FN5O/c1-30-23-10-17-8-9-31(15-19(28)13-27)26(33)20(17)12-21(23)29-25(30)24-11-18-4-2-3-5-22(18)32(24)14-16-6-7-16/h2-5,10-12,16,19H,6-9,13-15,28H2,1H3/t19-/m1/s1. The number of halogens is 1. The van der Waals surface area contributed by atoms with Crippen molar-refractivity contribution in [3.05, 3.63) is 53.6 Å². The van der Waals surface area contributed by atoms with Gasteiger partial charge in [-0.25, -0.2) is 9.37 Å². The molecule has 2 N–H and O–H groups in total. The highest BCUT2D eigenvalue weighted by molar-refractivity contribution is 6.00. The van der Waals surface area contributed by atoms with Crippen LogP contribution in [0.5, 0.6) is 0 Å². The lowest BCUT2D eigenvalue weighted by Gasteiger charge is -2.30. The molecular weight excluding hydrogens is 417 g/mol. The second-order valence-electron chi connectivity index (χ2n) is 9.55. The Kier molecular flexibility index (Phi) is 4.76. The summed E-state index contributed by atoms with van der Waals surface area (Å²) in [6.07, 6.45) is 3.30. The van der Waals surface area contributed by atoms with E-state index in [2.05, 4.69) is 45.5 Å². The molecule has 1 aliphatic carbocycles. The zero-order chi connectivity index (χ0) is 22.7. The van der Waals surface area contributed by atoms with Crippen LogP contribution in [0, 0.1) is 5.92 Å². The Bertz CT molecular complexity index is 1380. The predicted molar refractivity (Wildman–Crippen MR) is 128 cm³/mol. The van der Waals surface area contributed by atoms with E-state index in [0.29, 0.717) is 12.1 Å². The van der Waals surface area contributed by atoms with Crippen LogP contribution in [0.1, 0.15) is 28.8 Å². The zero-order valence-electron chi connectivity index (χ0n) is 18.8. The Morgan fingerprint density at radius 3 is 2.79 bits per heavy atom. The van der Waals surface area contributed by atoms with Gasteiger partial charge in [0.1, 0.15) is 6.67 Å². The van der Waals surface area contributed by atoms with Crippen molar-refractivity contribution in [3.63, 3.8) is 0 Å². The lowest BCUT2D eigenvalue weighted by Crippen LogP contribution is -2.45. The van der Waals surface area contributed by atoms with Crippen LogP contribution >= 0.6 is 0 Å². The van der Waals surface area contributed by atoms with Gasteiger partial charge in [0.15, 0.2) is 5.82 Å². The van der Waals surface area contributed by atoms with Crippen molar-refractivity contribution in [2.24, 2.45) is 18.7 Å². The Balaban J connectivity index is 1.45. The number of carbonyl (C=O) groups excluding carboxylic acids is 1. The van der Waals surface area contributed by atoms with Crippen LogP contribution < -0.4 is 5.73 Å². The van der Waals surface area contributed by atoms with E-state index in [9.17, 15) is 9.18 Å². The third-order valence-electron chi connectivity index (χ3n) is 7.10. The first-order chi connectivity index (χ1) is 16.0. The van der Waals surface area contributed by atoms with Gasteiger partial charge in [-0.15, -0.1) is 0 Å². The summed E-state index contributed by atoms with van der Waals surface area (Å²) >= 11 is 0. The van der Waals surface area contributed by atoms with Crippen LogP contribution in [0.2, 0.25) is 0 Å². The van der Waals surface area contributed by atoms with Gasteiger partial charge in [0.2, 0.25) is 0 Å². The molecule has 0 radical (unpaired) electrons. The van der Waals surface area contributed by atoms with Crippen LogP contribution in [0.25, 0.3) is 33.5 Å². The number of nitrogens with zero attached hydrogens (tertiary/aromatic N) is 4. The average molecular weight is 446 g/mol. The van der Waals surface area contributed by atoms with E-state index >= 15 is 0 Å². The average Bonchev–Trinajstić information content (AvgIpc) is 3.50. The summed E-state index contributed by atoms with van der Waals surface area (Å²) in [7, 11) is 2.05. The molecule has 2 aromatic heterocycles. The van der Waals surface area contributed by atoms with Crippen molar-refractivity contribution in [2.75, 3.05) is 19.8 Å². The maximum Gasteiger partial charge on any atom is 0.254 e. The molecule has 1 fully saturated rings. The molecule has 0 unspecified atom stereocenters. The second kappa shape index (κ2) is 7.70. The lowest BCUT2D eigenvalue weighted by molar-refractivity contribution is 0.0725. The normalized spacial score (nSPS) is 17.2. The highest BCUT2D eigenvalue weighted by atomic mass is 19.1. The van der Waals surface area contributed by atoms with Gasteiger partial charge in [-0.2, -0.15) is 0 Å². The molecule has 4 aromatic rings. The van der Waals surface area contributed by atoms with Crippen molar-refractivity contribution in [3.8, 4) is 11.5 Å². The summed E-state index contributed by atoms with van der Waals surface area (Å²) in [4.78, 5) is 19.7. The van der Waals surface area contributed by atoms with Gasteiger partial charge < -0.3 is 19.8 Å². The summed E-state index contributed by atoms with van der Waals surface area (Å²) < 4.78 is 17.4. The number of hydrogen-bond acceptors (Lipinski definition) is 3. The van der Waals surface area contributed by atoms with E-state index < -0.39 is 12.7 Å². The maximum absolute atomic E-state index is 13.1. The monoisotopic (exact) mass is 445 g/mol. The summed E-state index contributed by atoms with van der Waals surface area (Å²) in [5.41, 5.74) is 11.6. The number of hydrogen-bond donors (Lipinski definition) is 1. The predicted octanol–water partition coefficient (Wildman–Crippen LogP) is 3.90. The molecule has 1 saturated carbocycles. The number of aromatic nitrogens is 3. The van der Waals surface area contributed by atoms with E-state index in [1.165, 1.54) is 23.7 Å². The molecule has 1 atom stereocenters. The molecule has 170 valence electrons. The molecule has 2 aliphatic rings. The molecule has 6 nitrogen and oxygen atoms in total. The highest BCUT2D eigenvalue weighted by Crippen LogP contribution is 2.37. The summed E-state index contributed by atoms with van der Waals surface area (Å²) in [5, 5.41) is 1.22. The third-order valence-corrected chi connectivity index (χ3v) is 7.10. The van der Waals surface area contributed by atoms with E-state index in [1.807, 2.05) is 13.1 Å². The van der Waals surface area contributed by atoms with Crippen LogP contribution in [0.3, 0.4) is 0 Å². The Morgan fingerprint density at radius 1 is 1.18 bits per heavy atom. The molecule has 7 heteroatoms. The molecule has 0 spiro atoms. The fraction of sp³-hybridized carbons (Fsp3) is 0.385. The zero-order valence-corrected chi connectivity index (χ0v) is 18.8. The summed E-state index contributed by atoms with van der Waals surface area (Å²) in [6.45, 7) is 1.17. The maximum atomic E-state index is 13.1. The van der Waals surface area contributed by atoms with Crippen LogP contribution in [-0.2, 0) is 20.0 Å². The van der Waals surface area contributed by atoms with Crippen LogP contribution in [0.4, 0.5) is 4.39 Å². The van der Waals surface area contributed by atoms with Gasteiger partial charge >= 0.3 is 0 Å². The van der Waals surface area contributed by atoms with Gasteiger partial charge in [-0.1, -0.05) is 18.2 Å². The van der Waals surface area contributed by atoms with E-state index in [1.54, 1.807) is 4.90 Å². The first-order valence-electron chi connectivity index (χ1n) is 11.7. The molecule has 33 heavy (non-hydrogen) atoms. The Morgan fingerprint density at radius 2 is 2.00 bits per heavy atom. The summed E-state index contributed by atoms with van der Waals surface area (Å²) in [6, 6.07) is 14.1. The number of benzene rings is 2. The molecular formula is C26H28FN5O.